The molecule has 0 aliphatic carbocycles. The van der Waals surface area contributed by atoms with Crippen molar-refractivity contribution >= 4 is 15.9 Å². The lowest BCUT2D eigenvalue weighted by Crippen LogP contribution is -2.06. The molecule has 1 aromatic heterocycles. The Hall–Kier alpha value is -1.55. The molecule has 1 aromatic carbocycles. The third-order valence-corrected chi connectivity index (χ3v) is 2.64. The molecule has 0 unspecified atom stereocenters. The van der Waals surface area contributed by atoms with E-state index in [0.717, 1.165) is 10.2 Å². The van der Waals surface area contributed by atoms with E-state index in [1.165, 1.54) is 0 Å². The van der Waals surface area contributed by atoms with Crippen LogP contribution in [0.4, 0.5) is 0 Å². The van der Waals surface area contributed by atoms with Crippen LogP contribution in [0.15, 0.2) is 47.1 Å². The molecule has 0 saturated heterocycles. The van der Waals surface area contributed by atoms with Crippen molar-refractivity contribution in [3.63, 3.8) is 0 Å². The SMILES string of the molecule is CC(C)Oc1ccc(Oc2ccc(Br)cc2)cn1. The van der Waals surface area contributed by atoms with Gasteiger partial charge in [-0.3, -0.25) is 0 Å². The van der Waals surface area contributed by atoms with Crippen LogP contribution >= 0.6 is 15.9 Å². The first-order valence-electron chi connectivity index (χ1n) is 5.69. The molecule has 0 aliphatic rings. The molecule has 0 radical (unpaired) electrons. The van der Waals surface area contributed by atoms with E-state index in [1.807, 2.05) is 44.2 Å². The second-order valence-corrected chi connectivity index (χ2v) is 4.97. The quantitative estimate of drug-likeness (QED) is 0.837. The maximum atomic E-state index is 5.65. The molecule has 94 valence electrons. The van der Waals surface area contributed by atoms with Gasteiger partial charge in [-0.25, -0.2) is 4.98 Å². The van der Waals surface area contributed by atoms with Crippen LogP contribution in [-0.2, 0) is 0 Å². The van der Waals surface area contributed by atoms with Gasteiger partial charge in [0.15, 0.2) is 0 Å². The molecule has 18 heavy (non-hydrogen) atoms. The van der Waals surface area contributed by atoms with E-state index in [1.54, 1.807) is 12.3 Å². The summed E-state index contributed by atoms with van der Waals surface area (Å²) in [5, 5.41) is 0. The minimum absolute atomic E-state index is 0.121. The summed E-state index contributed by atoms with van der Waals surface area (Å²) in [5.41, 5.74) is 0. The number of halogens is 1. The Labute approximate surface area is 115 Å². The fourth-order valence-electron chi connectivity index (χ4n) is 1.38. The van der Waals surface area contributed by atoms with Gasteiger partial charge in [0.2, 0.25) is 5.88 Å². The molecule has 0 amide bonds. The molecule has 0 saturated carbocycles. The first-order chi connectivity index (χ1) is 8.63. The van der Waals surface area contributed by atoms with Gasteiger partial charge in [0, 0.05) is 10.5 Å². The Morgan fingerprint density at radius 1 is 1.00 bits per heavy atom. The molecule has 4 heteroatoms. The van der Waals surface area contributed by atoms with Gasteiger partial charge in [-0.1, -0.05) is 15.9 Å². The van der Waals surface area contributed by atoms with E-state index in [-0.39, 0.29) is 6.10 Å². The van der Waals surface area contributed by atoms with Crippen molar-refractivity contribution < 1.29 is 9.47 Å². The zero-order valence-electron chi connectivity index (χ0n) is 10.3. The fraction of sp³-hybridized carbons (Fsp3) is 0.214. The summed E-state index contributed by atoms with van der Waals surface area (Å²) in [4.78, 5) is 4.18. The van der Waals surface area contributed by atoms with E-state index in [2.05, 4.69) is 20.9 Å². The van der Waals surface area contributed by atoms with Gasteiger partial charge in [0.25, 0.3) is 0 Å². The minimum Gasteiger partial charge on any atom is -0.475 e. The maximum Gasteiger partial charge on any atom is 0.213 e. The molecule has 3 nitrogen and oxygen atoms in total. The fourth-order valence-corrected chi connectivity index (χ4v) is 1.64. The van der Waals surface area contributed by atoms with E-state index in [4.69, 9.17) is 9.47 Å². The highest BCUT2D eigenvalue weighted by molar-refractivity contribution is 9.10. The maximum absolute atomic E-state index is 5.65. The lowest BCUT2D eigenvalue weighted by molar-refractivity contribution is 0.232. The van der Waals surface area contributed by atoms with Crippen molar-refractivity contribution in [3.05, 3.63) is 47.1 Å². The zero-order valence-corrected chi connectivity index (χ0v) is 11.8. The first-order valence-corrected chi connectivity index (χ1v) is 6.49. The third-order valence-electron chi connectivity index (χ3n) is 2.11. The number of hydrogen-bond acceptors (Lipinski definition) is 3. The smallest absolute Gasteiger partial charge is 0.213 e. The lowest BCUT2D eigenvalue weighted by atomic mass is 10.3. The number of hydrogen-bond donors (Lipinski definition) is 0. The van der Waals surface area contributed by atoms with E-state index < -0.39 is 0 Å². The molecule has 0 aliphatic heterocycles. The Morgan fingerprint density at radius 3 is 2.22 bits per heavy atom. The van der Waals surface area contributed by atoms with Gasteiger partial charge in [-0.05, 0) is 44.2 Å². The van der Waals surface area contributed by atoms with Gasteiger partial charge < -0.3 is 9.47 Å². The highest BCUT2D eigenvalue weighted by Crippen LogP contribution is 2.23. The number of ether oxygens (including phenoxy) is 2. The molecular weight excluding hydrogens is 294 g/mol. The second-order valence-electron chi connectivity index (χ2n) is 4.05. The Bertz CT molecular complexity index is 494. The first kappa shape index (κ1) is 12.9. The average molecular weight is 308 g/mol. The lowest BCUT2D eigenvalue weighted by Gasteiger charge is -2.09. The van der Waals surface area contributed by atoms with Crippen LogP contribution in [0.3, 0.4) is 0 Å². The number of rotatable bonds is 4. The van der Waals surface area contributed by atoms with Crippen molar-refractivity contribution in [2.75, 3.05) is 0 Å². The van der Waals surface area contributed by atoms with Gasteiger partial charge in [-0.15, -0.1) is 0 Å². The Balaban J connectivity index is 2.04. The van der Waals surface area contributed by atoms with Crippen LogP contribution in [0, 0.1) is 0 Å². The highest BCUT2D eigenvalue weighted by atomic mass is 79.9. The monoisotopic (exact) mass is 307 g/mol. The van der Waals surface area contributed by atoms with Crippen LogP contribution in [0.5, 0.6) is 17.4 Å². The predicted octanol–water partition coefficient (Wildman–Crippen LogP) is 4.42. The van der Waals surface area contributed by atoms with Gasteiger partial charge >= 0.3 is 0 Å². The minimum atomic E-state index is 0.121. The summed E-state index contributed by atoms with van der Waals surface area (Å²) in [6.07, 6.45) is 1.77. The molecule has 1 heterocycles. The van der Waals surface area contributed by atoms with Crippen molar-refractivity contribution in [3.8, 4) is 17.4 Å². The summed E-state index contributed by atoms with van der Waals surface area (Å²) in [7, 11) is 0. The highest BCUT2D eigenvalue weighted by Gasteiger charge is 2.01. The molecule has 0 bridgehead atoms. The number of aromatic nitrogens is 1. The van der Waals surface area contributed by atoms with E-state index in [9.17, 15) is 0 Å². The Kier molecular flexibility index (Phi) is 4.20. The molecule has 0 fully saturated rings. The van der Waals surface area contributed by atoms with E-state index in [0.29, 0.717) is 11.6 Å². The summed E-state index contributed by atoms with van der Waals surface area (Å²) in [5.74, 6) is 2.07. The Morgan fingerprint density at radius 2 is 1.67 bits per heavy atom. The molecule has 0 spiro atoms. The van der Waals surface area contributed by atoms with E-state index >= 15 is 0 Å². The number of pyridine rings is 1. The topological polar surface area (TPSA) is 31.4 Å². The van der Waals surface area contributed by atoms with Crippen molar-refractivity contribution in [2.45, 2.75) is 20.0 Å². The van der Waals surface area contributed by atoms with Crippen molar-refractivity contribution in [1.29, 1.82) is 0 Å². The van der Waals surface area contributed by atoms with Crippen LogP contribution in [-0.4, -0.2) is 11.1 Å². The zero-order chi connectivity index (χ0) is 13.0. The summed E-state index contributed by atoms with van der Waals surface area (Å²) in [6, 6.07) is 11.3. The van der Waals surface area contributed by atoms with Crippen LogP contribution in [0.25, 0.3) is 0 Å². The van der Waals surface area contributed by atoms with Gasteiger partial charge in [0.05, 0.1) is 12.3 Å². The summed E-state index contributed by atoms with van der Waals surface area (Å²) >= 11 is 3.38. The van der Waals surface area contributed by atoms with Crippen LogP contribution < -0.4 is 9.47 Å². The molecule has 2 aromatic rings. The summed E-state index contributed by atoms with van der Waals surface area (Å²) < 4.78 is 12.1. The van der Waals surface area contributed by atoms with Crippen LogP contribution in [0.1, 0.15) is 13.8 Å². The van der Waals surface area contributed by atoms with Crippen molar-refractivity contribution in [1.82, 2.24) is 4.98 Å². The number of nitrogens with zero attached hydrogens (tertiary/aromatic N) is 1. The molecule has 0 atom stereocenters. The van der Waals surface area contributed by atoms with Crippen molar-refractivity contribution in [2.24, 2.45) is 0 Å². The largest absolute Gasteiger partial charge is 0.475 e. The third kappa shape index (κ3) is 3.74. The second kappa shape index (κ2) is 5.87. The number of benzene rings is 1. The van der Waals surface area contributed by atoms with Gasteiger partial charge in [0.1, 0.15) is 11.5 Å². The standard InChI is InChI=1S/C14H14BrNO2/c1-10(2)17-14-8-7-13(9-16-14)18-12-5-3-11(15)4-6-12/h3-10H,1-2H3. The molecular formula is C14H14BrNO2. The average Bonchev–Trinajstić information content (AvgIpc) is 2.34. The normalized spacial score (nSPS) is 10.4. The van der Waals surface area contributed by atoms with Gasteiger partial charge in [-0.2, -0.15) is 0 Å². The van der Waals surface area contributed by atoms with Crippen LogP contribution in [0.2, 0.25) is 0 Å². The predicted molar refractivity (Wildman–Crippen MR) is 74.2 cm³/mol. The molecule has 0 N–H and O–H groups in total. The summed E-state index contributed by atoms with van der Waals surface area (Å²) in [6.45, 7) is 3.93. The molecule has 2 rings (SSSR count).